The van der Waals surface area contributed by atoms with E-state index < -0.39 is 6.04 Å². The predicted molar refractivity (Wildman–Crippen MR) is 91.9 cm³/mol. The molecule has 1 heterocycles. The number of amides is 1. The normalized spacial score (nSPS) is 18.1. The Balaban J connectivity index is 2.04. The van der Waals surface area contributed by atoms with E-state index in [2.05, 4.69) is 34.5 Å². The van der Waals surface area contributed by atoms with Crippen LogP contribution in [0.2, 0.25) is 0 Å². The van der Waals surface area contributed by atoms with E-state index in [1.165, 1.54) is 18.5 Å². The Morgan fingerprint density at radius 2 is 1.91 bits per heavy atom. The van der Waals surface area contributed by atoms with Gasteiger partial charge in [-0.15, -0.1) is 0 Å². The maximum Gasteiger partial charge on any atom is 0.237 e. The van der Waals surface area contributed by atoms with Gasteiger partial charge in [-0.05, 0) is 42.9 Å². The van der Waals surface area contributed by atoms with Crippen LogP contribution in [0, 0.1) is 5.41 Å². The molecule has 0 saturated carbocycles. The number of anilines is 1. The standard InChI is InChI=1S/C18H29N3O/c1-13(20-17(22)16(19)18(2,3)4)14-8-7-9-15(12-14)21-10-5-6-11-21/h7-9,12-13,16H,5-6,10-11,19H2,1-4H3,(H,20,22)/t13?,16-/m1/s1. The third kappa shape index (κ3) is 4.01. The van der Waals surface area contributed by atoms with E-state index in [1.807, 2.05) is 27.7 Å². The number of nitrogens with two attached hydrogens (primary N) is 1. The second-order valence-electron chi connectivity index (χ2n) is 7.36. The topological polar surface area (TPSA) is 58.4 Å². The van der Waals surface area contributed by atoms with Crippen molar-refractivity contribution in [1.82, 2.24) is 5.32 Å². The Morgan fingerprint density at radius 3 is 2.50 bits per heavy atom. The van der Waals surface area contributed by atoms with Crippen LogP contribution in [0.15, 0.2) is 24.3 Å². The lowest BCUT2D eigenvalue weighted by molar-refractivity contribution is -0.125. The minimum absolute atomic E-state index is 0.0385. The lowest BCUT2D eigenvalue weighted by Crippen LogP contribution is -2.49. The van der Waals surface area contributed by atoms with Gasteiger partial charge in [0.1, 0.15) is 0 Å². The third-order valence-electron chi connectivity index (χ3n) is 4.42. The van der Waals surface area contributed by atoms with Crippen LogP contribution in [0.3, 0.4) is 0 Å². The fourth-order valence-corrected chi connectivity index (χ4v) is 2.75. The minimum atomic E-state index is -0.503. The molecule has 3 N–H and O–H groups in total. The summed E-state index contributed by atoms with van der Waals surface area (Å²) in [7, 11) is 0. The first-order chi connectivity index (χ1) is 10.3. The first-order valence-corrected chi connectivity index (χ1v) is 8.20. The van der Waals surface area contributed by atoms with Crippen molar-refractivity contribution in [1.29, 1.82) is 0 Å². The van der Waals surface area contributed by atoms with Gasteiger partial charge in [0.25, 0.3) is 0 Å². The van der Waals surface area contributed by atoms with Crippen molar-refractivity contribution in [2.24, 2.45) is 11.1 Å². The highest BCUT2D eigenvalue weighted by Crippen LogP contribution is 2.24. The number of benzene rings is 1. The van der Waals surface area contributed by atoms with E-state index in [0.29, 0.717) is 0 Å². The number of nitrogens with one attached hydrogen (secondary N) is 1. The molecule has 122 valence electrons. The monoisotopic (exact) mass is 303 g/mol. The first-order valence-electron chi connectivity index (χ1n) is 8.20. The summed E-state index contributed by atoms with van der Waals surface area (Å²) in [5, 5.41) is 3.04. The molecule has 4 nitrogen and oxygen atoms in total. The van der Waals surface area contributed by atoms with Gasteiger partial charge >= 0.3 is 0 Å². The molecule has 1 aromatic carbocycles. The van der Waals surface area contributed by atoms with Gasteiger partial charge in [0.05, 0.1) is 12.1 Å². The molecule has 0 aliphatic carbocycles. The van der Waals surface area contributed by atoms with Gasteiger partial charge in [0.15, 0.2) is 0 Å². The molecular formula is C18H29N3O. The zero-order valence-electron chi connectivity index (χ0n) is 14.2. The first kappa shape index (κ1) is 16.8. The number of nitrogens with zero attached hydrogens (tertiary/aromatic N) is 1. The molecular weight excluding hydrogens is 274 g/mol. The Labute approximate surface area is 134 Å². The highest BCUT2D eigenvalue weighted by Gasteiger charge is 2.28. The molecule has 0 radical (unpaired) electrons. The van der Waals surface area contributed by atoms with Gasteiger partial charge in [-0.2, -0.15) is 0 Å². The molecule has 4 heteroatoms. The molecule has 1 unspecified atom stereocenters. The Kier molecular flexibility index (Phi) is 5.12. The van der Waals surface area contributed by atoms with Crippen molar-refractivity contribution < 1.29 is 4.79 Å². The Bertz CT molecular complexity index is 515. The van der Waals surface area contributed by atoms with E-state index in [-0.39, 0.29) is 17.4 Å². The zero-order chi connectivity index (χ0) is 16.3. The van der Waals surface area contributed by atoms with Crippen LogP contribution in [0.25, 0.3) is 0 Å². The zero-order valence-corrected chi connectivity index (χ0v) is 14.2. The van der Waals surface area contributed by atoms with Crippen LogP contribution in [0.1, 0.15) is 52.1 Å². The number of carbonyl (C=O) groups excluding carboxylic acids is 1. The van der Waals surface area contributed by atoms with E-state index in [1.54, 1.807) is 0 Å². The largest absolute Gasteiger partial charge is 0.372 e. The van der Waals surface area contributed by atoms with Gasteiger partial charge in [0, 0.05) is 18.8 Å². The highest BCUT2D eigenvalue weighted by atomic mass is 16.2. The molecule has 0 spiro atoms. The second kappa shape index (κ2) is 6.69. The summed E-state index contributed by atoms with van der Waals surface area (Å²) in [5.41, 5.74) is 8.17. The van der Waals surface area contributed by atoms with Crippen molar-refractivity contribution in [3.8, 4) is 0 Å². The molecule has 1 aromatic rings. The summed E-state index contributed by atoms with van der Waals surface area (Å²) in [5.74, 6) is -0.0911. The average molecular weight is 303 g/mol. The Hall–Kier alpha value is -1.55. The van der Waals surface area contributed by atoms with Crippen LogP contribution in [0.5, 0.6) is 0 Å². The van der Waals surface area contributed by atoms with Crippen molar-refractivity contribution in [3.05, 3.63) is 29.8 Å². The summed E-state index contributed by atoms with van der Waals surface area (Å²) in [4.78, 5) is 14.7. The molecule has 1 saturated heterocycles. The summed E-state index contributed by atoms with van der Waals surface area (Å²) < 4.78 is 0. The lowest BCUT2D eigenvalue weighted by atomic mass is 9.86. The van der Waals surface area contributed by atoms with Crippen LogP contribution >= 0.6 is 0 Å². The van der Waals surface area contributed by atoms with Crippen LogP contribution in [-0.4, -0.2) is 25.0 Å². The molecule has 1 fully saturated rings. The van der Waals surface area contributed by atoms with Gasteiger partial charge in [-0.1, -0.05) is 32.9 Å². The SMILES string of the molecule is CC(NC(=O)[C@@H](N)C(C)(C)C)c1cccc(N2CCCC2)c1. The second-order valence-corrected chi connectivity index (χ2v) is 7.36. The molecule has 1 amide bonds. The van der Waals surface area contributed by atoms with Gasteiger partial charge in [0.2, 0.25) is 5.91 Å². The summed E-state index contributed by atoms with van der Waals surface area (Å²) in [6.07, 6.45) is 2.52. The smallest absolute Gasteiger partial charge is 0.237 e. The Morgan fingerprint density at radius 1 is 1.27 bits per heavy atom. The molecule has 1 aliphatic rings. The van der Waals surface area contributed by atoms with E-state index in [0.717, 1.165) is 18.7 Å². The molecule has 0 bridgehead atoms. The van der Waals surface area contributed by atoms with Gasteiger partial charge < -0.3 is 16.0 Å². The summed E-state index contributed by atoms with van der Waals surface area (Å²) in [6.45, 7) is 10.2. The molecule has 2 atom stereocenters. The quantitative estimate of drug-likeness (QED) is 0.899. The van der Waals surface area contributed by atoms with Crippen molar-refractivity contribution in [2.75, 3.05) is 18.0 Å². The number of hydrogen-bond donors (Lipinski definition) is 2. The fraction of sp³-hybridized carbons (Fsp3) is 0.611. The van der Waals surface area contributed by atoms with Crippen molar-refractivity contribution in [2.45, 2.75) is 52.6 Å². The molecule has 1 aliphatic heterocycles. The number of rotatable bonds is 4. The van der Waals surface area contributed by atoms with E-state index >= 15 is 0 Å². The lowest BCUT2D eigenvalue weighted by Gasteiger charge is -2.28. The average Bonchev–Trinajstić information content (AvgIpc) is 2.99. The molecule has 22 heavy (non-hydrogen) atoms. The summed E-state index contributed by atoms with van der Waals surface area (Å²) in [6, 6.07) is 7.91. The maximum absolute atomic E-state index is 12.3. The van der Waals surface area contributed by atoms with Crippen LogP contribution < -0.4 is 16.0 Å². The number of hydrogen-bond acceptors (Lipinski definition) is 3. The van der Waals surface area contributed by atoms with Crippen molar-refractivity contribution >= 4 is 11.6 Å². The predicted octanol–water partition coefficient (Wildman–Crippen LogP) is 2.84. The fourth-order valence-electron chi connectivity index (χ4n) is 2.75. The summed E-state index contributed by atoms with van der Waals surface area (Å²) >= 11 is 0. The van der Waals surface area contributed by atoms with Gasteiger partial charge in [-0.25, -0.2) is 0 Å². The maximum atomic E-state index is 12.3. The van der Waals surface area contributed by atoms with Crippen molar-refractivity contribution in [3.63, 3.8) is 0 Å². The van der Waals surface area contributed by atoms with E-state index in [9.17, 15) is 4.79 Å². The third-order valence-corrected chi connectivity index (χ3v) is 4.42. The molecule has 2 rings (SSSR count). The van der Waals surface area contributed by atoms with Crippen LogP contribution in [0.4, 0.5) is 5.69 Å². The van der Waals surface area contributed by atoms with Gasteiger partial charge in [-0.3, -0.25) is 4.79 Å². The number of carbonyl (C=O) groups is 1. The molecule has 0 aromatic heterocycles. The minimum Gasteiger partial charge on any atom is -0.372 e. The van der Waals surface area contributed by atoms with E-state index in [4.69, 9.17) is 5.73 Å². The van der Waals surface area contributed by atoms with Crippen LogP contribution in [-0.2, 0) is 4.79 Å². The highest BCUT2D eigenvalue weighted by molar-refractivity contribution is 5.82.